The van der Waals surface area contributed by atoms with E-state index in [1.54, 1.807) is 12.1 Å². The minimum atomic E-state index is -4.62. The quantitative estimate of drug-likeness (QED) is 0.630. The van der Waals surface area contributed by atoms with Crippen molar-refractivity contribution >= 4 is 17.8 Å². The lowest BCUT2D eigenvalue weighted by Crippen LogP contribution is -2.32. The molecule has 7 nitrogen and oxygen atoms in total. The van der Waals surface area contributed by atoms with Crippen LogP contribution in [0.4, 0.5) is 13.2 Å². The number of hydroxylamine groups is 2. The third kappa shape index (κ3) is 3.14. The average molecular weight is 401 g/mol. The van der Waals surface area contributed by atoms with Crippen LogP contribution in [0.5, 0.6) is 0 Å². The van der Waals surface area contributed by atoms with Gasteiger partial charge in [-0.25, -0.2) is 9.48 Å². The Labute approximate surface area is 160 Å². The fourth-order valence-electron chi connectivity index (χ4n) is 2.86. The normalized spacial score (nSPS) is 13.6. The van der Waals surface area contributed by atoms with Crippen LogP contribution in [0.2, 0.25) is 0 Å². The molecule has 1 aromatic heterocycles. The summed E-state index contributed by atoms with van der Waals surface area (Å²) in [5, 5.41) is 4.09. The summed E-state index contributed by atoms with van der Waals surface area (Å²) < 4.78 is 40.4. The second-order valence-corrected chi connectivity index (χ2v) is 5.99. The number of imide groups is 1. The van der Waals surface area contributed by atoms with Crippen molar-refractivity contribution in [2.75, 3.05) is 0 Å². The number of carbonyl (C=O) groups excluding carboxylic acids is 3. The van der Waals surface area contributed by atoms with Crippen LogP contribution in [-0.4, -0.2) is 32.6 Å². The predicted octanol–water partition coefficient (Wildman–Crippen LogP) is 3.26. The van der Waals surface area contributed by atoms with Crippen molar-refractivity contribution in [3.05, 3.63) is 83.2 Å². The maximum Gasteiger partial charge on any atom is 0.418 e. The molecular formula is C19H10F3N3O4. The number of para-hydroxylation sites is 1. The zero-order valence-electron chi connectivity index (χ0n) is 14.4. The van der Waals surface area contributed by atoms with E-state index in [1.807, 2.05) is 0 Å². The van der Waals surface area contributed by atoms with Crippen LogP contribution < -0.4 is 0 Å². The molecule has 0 saturated heterocycles. The summed E-state index contributed by atoms with van der Waals surface area (Å²) in [6.45, 7) is 0. The molecule has 2 amide bonds. The Hall–Kier alpha value is -3.95. The molecule has 0 atom stereocenters. The number of halogens is 3. The second kappa shape index (κ2) is 6.59. The Morgan fingerprint density at radius 3 is 2.10 bits per heavy atom. The topological polar surface area (TPSA) is 81.5 Å². The number of alkyl halides is 3. The van der Waals surface area contributed by atoms with E-state index in [1.165, 1.54) is 30.3 Å². The minimum Gasteiger partial charge on any atom is -0.322 e. The Bertz CT molecular complexity index is 1120. The number of nitrogens with zero attached hydrogens (tertiary/aromatic N) is 3. The Morgan fingerprint density at radius 2 is 1.48 bits per heavy atom. The molecule has 0 spiro atoms. The van der Waals surface area contributed by atoms with Crippen molar-refractivity contribution in [3.63, 3.8) is 0 Å². The van der Waals surface area contributed by atoms with Crippen molar-refractivity contribution in [2.24, 2.45) is 0 Å². The maximum absolute atomic E-state index is 13.2. The van der Waals surface area contributed by atoms with Gasteiger partial charge in [0.1, 0.15) is 0 Å². The van der Waals surface area contributed by atoms with E-state index in [0.717, 1.165) is 23.0 Å². The molecule has 1 aliphatic rings. The molecule has 0 saturated carbocycles. The first kappa shape index (κ1) is 18.4. The molecule has 4 rings (SSSR count). The van der Waals surface area contributed by atoms with E-state index in [4.69, 9.17) is 4.84 Å². The van der Waals surface area contributed by atoms with Crippen LogP contribution in [-0.2, 0) is 11.0 Å². The SMILES string of the molecule is O=C(ON1C(=O)c2ccccc2C1=O)c1ccn(-c2ccccc2C(F)(F)F)n1. The second-order valence-electron chi connectivity index (χ2n) is 5.99. The number of fused-ring (bicyclic) bond motifs is 1. The third-order valence-electron chi connectivity index (χ3n) is 4.19. The lowest BCUT2D eigenvalue weighted by molar-refractivity contribution is -0.137. The molecule has 3 aromatic rings. The molecule has 1 aliphatic heterocycles. The summed E-state index contributed by atoms with van der Waals surface area (Å²) in [4.78, 5) is 41.6. The summed E-state index contributed by atoms with van der Waals surface area (Å²) in [5.74, 6) is -2.80. The lowest BCUT2D eigenvalue weighted by Gasteiger charge is -2.12. The zero-order chi connectivity index (χ0) is 20.8. The summed E-state index contributed by atoms with van der Waals surface area (Å²) in [6, 6.07) is 11.7. The summed E-state index contributed by atoms with van der Waals surface area (Å²) in [6.07, 6.45) is -3.48. The first-order valence-corrected chi connectivity index (χ1v) is 8.20. The van der Waals surface area contributed by atoms with Gasteiger partial charge in [-0.15, -0.1) is 0 Å². The average Bonchev–Trinajstić information content (AvgIpc) is 3.28. The Balaban J connectivity index is 1.58. The minimum absolute atomic E-state index is 0.0786. The maximum atomic E-state index is 13.2. The van der Waals surface area contributed by atoms with Gasteiger partial charge in [0.2, 0.25) is 0 Å². The fraction of sp³-hybridized carbons (Fsp3) is 0.0526. The van der Waals surface area contributed by atoms with E-state index >= 15 is 0 Å². The largest absolute Gasteiger partial charge is 0.418 e. The van der Waals surface area contributed by atoms with Crippen LogP contribution >= 0.6 is 0 Å². The number of aromatic nitrogens is 2. The molecule has 0 aliphatic carbocycles. The predicted molar refractivity (Wildman–Crippen MR) is 90.9 cm³/mol. The highest BCUT2D eigenvalue weighted by atomic mass is 19.4. The van der Waals surface area contributed by atoms with Crippen molar-refractivity contribution in [2.45, 2.75) is 6.18 Å². The van der Waals surface area contributed by atoms with E-state index in [9.17, 15) is 27.6 Å². The highest BCUT2D eigenvalue weighted by Crippen LogP contribution is 2.33. The zero-order valence-corrected chi connectivity index (χ0v) is 14.4. The highest BCUT2D eigenvalue weighted by Gasteiger charge is 2.39. The van der Waals surface area contributed by atoms with Gasteiger partial charge < -0.3 is 4.84 Å². The van der Waals surface area contributed by atoms with Gasteiger partial charge in [-0.3, -0.25) is 9.59 Å². The highest BCUT2D eigenvalue weighted by molar-refractivity contribution is 6.21. The number of carbonyl (C=O) groups is 3. The molecule has 0 N–H and O–H groups in total. The molecule has 146 valence electrons. The van der Waals surface area contributed by atoms with E-state index < -0.39 is 29.5 Å². The molecule has 29 heavy (non-hydrogen) atoms. The van der Waals surface area contributed by atoms with E-state index in [2.05, 4.69) is 5.10 Å². The molecule has 0 fully saturated rings. The van der Waals surface area contributed by atoms with Crippen LogP contribution in [0.25, 0.3) is 5.69 Å². The molecule has 0 unspecified atom stereocenters. The van der Waals surface area contributed by atoms with Crippen molar-refractivity contribution in [1.82, 2.24) is 14.8 Å². The van der Waals surface area contributed by atoms with Gasteiger partial charge in [0.15, 0.2) is 5.69 Å². The van der Waals surface area contributed by atoms with Crippen molar-refractivity contribution in [3.8, 4) is 5.69 Å². The monoisotopic (exact) mass is 401 g/mol. The summed E-state index contributed by atoms with van der Waals surface area (Å²) in [5.41, 5.74) is -1.45. The molecule has 0 radical (unpaired) electrons. The molecule has 0 bridgehead atoms. The molecular weight excluding hydrogens is 391 g/mol. The van der Waals surface area contributed by atoms with Crippen molar-refractivity contribution in [1.29, 1.82) is 0 Å². The van der Waals surface area contributed by atoms with E-state index in [-0.39, 0.29) is 22.5 Å². The van der Waals surface area contributed by atoms with Gasteiger partial charge in [0, 0.05) is 6.20 Å². The number of hydrogen-bond acceptors (Lipinski definition) is 5. The summed E-state index contributed by atoms with van der Waals surface area (Å²) in [7, 11) is 0. The standard InChI is InChI=1S/C19H10F3N3O4/c20-19(21,22)13-7-3-4-8-15(13)24-10-9-14(23-24)18(28)29-25-16(26)11-5-1-2-6-12(11)17(25)27/h1-10H. The van der Waals surface area contributed by atoms with E-state index in [0.29, 0.717) is 5.06 Å². The number of benzene rings is 2. The van der Waals surface area contributed by atoms with Gasteiger partial charge in [-0.1, -0.05) is 29.3 Å². The number of hydrogen-bond donors (Lipinski definition) is 0. The first-order chi connectivity index (χ1) is 13.8. The molecule has 10 heteroatoms. The van der Waals surface area contributed by atoms with Crippen LogP contribution in [0.1, 0.15) is 36.8 Å². The Kier molecular flexibility index (Phi) is 4.18. The van der Waals surface area contributed by atoms with Gasteiger partial charge in [0.25, 0.3) is 11.8 Å². The van der Waals surface area contributed by atoms with Crippen LogP contribution in [0.15, 0.2) is 60.8 Å². The lowest BCUT2D eigenvalue weighted by atomic mass is 10.1. The fourth-order valence-corrected chi connectivity index (χ4v) is 2.86. The van der Waals surface area contributed by atoms with Crippen LogP contribution in [0, 0.1) is 0 Å². The van der Waals surface area contributed by atoms with Gasteiger partial charge in [-0.2, -0.15) is 18.3 Å². The molecule has 2 aromatic carbocycles. The molecule has 2 heterocycles. The number of rotatable bonds is 3. The van der Waals surface area contributed by atoms with Crippen LogP contribution in [0.3, 0.4) is 0 Å². The van der Waals surface area contributed by atoms with Crippen molar-refractivity contribution < 1.29 is 32.4 Å². The summed E-state index contributed by atoms with van der Waals surface area (Å²) >= 11 is 0. The third-order valence-corrected chi connectivity index (χ3v) is 4.19. The Morgan fingerprint density at radius 1 is 0.897 bits per heavy atom. The number of amides is 2. The smallest absolute Gasteiger partial charge is 0.322 e. The van der Waals surface area contributed by atoms with Gasteiger partial charge >= 0.3 is 12.1 Å². The van der Waals surface area contributed by atoms with Gasteiger partial charge in [0.05, 0.1) is 22.4 Å². The van der Waals surface area contributed by atoms with Gasteiger partial charge in [-0.05, 0) is 30.3 Å². The first-order valence-electron chi connectivity index (χ1n) is 8.20.